The lowest BCUT2D eigenvalue weighted by Crippen LogP contribution is -2.31. The predicted molar refractivity (Wildman–Crippen MR) is 138 cm³/mol. The molecule has 3 aromatic carbocycles. The molecule has 0 spiro atoms. The summed E-state index contributed by atoms with van der Waals surface area (Å²) in [6.45, 7) is 4.40. The van der Waals surface area contributed by atoms with Crippen molar-refractivity contribution in [1.29, 1.82) is 0 Å². The quantitative estimate of drug-likeness (QED) is 0.382. The van der Waals surface area contributed by atoms with Crippen LogP contribution in [0.4, 0.5) is 11.6 Å². The van der Waals surface area contributed by atoms with Crippen molar-refractivity contribution in [2.75, 3.05) is 17.7 Å². The normalized spacial score (nSPS) is 14.6. The Kier molecular flexibility index (Phi) is 6.40. The summed E-state index contributed by atoms with van der Waals surface area (Å²) >= 11 is 0. The van der Waals surface area contributed by atoms with Crippen LogP contribution in [-0.4, -0.2) is 27.8 Å². The smallest absolute Gasteiger partial charge is 0.255 e. The first-order valence-electron chi connectivity index (χ1n) is 11.6. The van der Waals surface area contributed by atoms with Crippen molar-refractivity contribution >= 4 is 17.5 Å². The second-order valence-corrected chi connectivity index (χ2v) is 8.59. The van der Waals surface area contributed by atoms with Crippen molar-refractivity contribution in [2.24, 2.45) is 0 Å². The number of hydrogen-bond donors (Lipinski definition) is 2. The lowest BCUT2D eigenvalue weighted by atomic mass is 9.95. The van der Waals surface area contributed by atoms with E-state index < -0.39 is 6.04 Å². The summed E-state index contributed by atoms with van der Waals surface area (Å²) in [5, 5.41) is 10.6. The van der Waals surface area contributed by atoms with Gasteiger partial charge >= 0.3 is 0 Å². The van der Waals surface area contributed by atoms with Gasteiger partial charge in [-0.1, -0.05) is 54.1 Å². The molecule has 0 saturated heterocycles. The number of aromatic nitrogens is 3. The van der Waals surface area contributed by atoms with Crippen LogP contribution in [-0.2, 0) is 11.4 Å². The van der Waals surface area contributed by atoms with Gasteiger partial charge in [-0.25, -0.2) is 4.68 Å². The van der Waals surface area contributed by atoms with Gasteiger partial charge in [0, 0.05) is 5.70 Å². The van der Waals surface area contributed by atoms with Gasteiger partial charge in [0.25, 0.3) is 5.91 Å². The van der Waals surface area contributed by atoms with Crippen LogP contribution in [0, 0.1) is 6.92 Å². The monoisotopic (exact) mass is 481 g/mol. The van der Waals surface area contributed by atoms with Gasteiger partial charge in [-0.2, -0.15) is 10.1 Å². The van der Waals surface area contributed by atoms with Crippen molar-refractivity contribution in [3.8, 4) is 11.5 Å². The second-order valence-electron chi connectivity index (χ2n) is 8.59. The van der Waals surface area contributed by atoms with Crippen LogP contribution in [0.25, 0.3) is 0 Å². The number of ether oxygens (including phenoxy) is 2. The molecule has 8 nitrogen and oxygen atoms in total. The van der Waals surface area contributed by atoms with E-state index in [0.29, 0.717) is 35.3 Å². The molecule has 182 valence electrons. The predicted octanol–water partition coefficient (Wildman–Crippen LogP) is 5.10. The van der Waals surface area contributed by atoms with Gasteiger partial charge in [0.2, 0.25) is 5.95 Å². The van der Waals surface area contributed by atoms with Crippen LogP contribution >= 0.6 is 0 Å². The average molecular weight is 482 g/mol. The van der Waals surface area contributed by atoms with E-state index in [1.807, 2.05) is 43.3 Å². The van der Waals surface area contributed by atoms with E-state index in [1.165, 1.54) is 11.9 Å². The molecule has 2 heterocycles. The number of hydrogen-bond acceptors (Lipinski definition) is 6. The van der Waals surface area contributed by atoms with E-state index in [1.54, 1.807) is 23.9 Å². The number of nitrogens with one attached hydrogen (secondary N) is 2. The van der Waals surface area contributed by atoms with Crippen LogP contribution < -0.4 is 20.1 Å². The maximum Gasteiger partial charge on any atom is 0.255 e. The Hall–Kier alpha value is -4.59. The molecule has 0 saturated carbocycles. The van der Waals surface area contributed by atoms with Crippen molar-refractivity contribution in [2.45, 2.75) is 26.5 Å². The first-order chi connectivity index (χ1) is 17.5. The number of carbonyl (C=O) groups is 1. The third-order valence-electron chi connectivity index (χ3n) is 6.12. The molecule has 4 aromatic rings. The minimum absolute atomic E-state index is 0.254. The van der Waals surface area contributed by atoms with Crippen molar-refractivity contribution in [3.63, 3.8) is 0 Å². The van der Waals surface area contributed by atoms with Gasteiger partial charge in [0.05, 0.1) is 18.4 Å². The molecule has 1 atom stereocenters. The highest BCUT2D eigenvalue weighted by Crippen LogP contribution is 2.36. The van der Waals surface area contributed by atoms with E-state index in [2.05, 4.69) is 51.9 Å². The molecular weight excluding hydrogens is 454 g/mol. The van der Waals surface area contributed by atoms with Gasteiger partial charge in [-0.15, -0.1) is 0 Å². The zero-order chi connectivity index (χ0) is 25.1. The van der Waals surface area contributed by atoms with Crippen molar-refractivity contribution < 1.29 is 14.3 Å². The highest BCUT2D eigenvalue weighted by Gasteiger charge is 2.33. The summed E-state index contributed by atoms with van der Waals surface area (Å²) in [5.74, 6) is 1.65. The summed E-state index contributed by atoms with van der Waals surface area (Å²) in [6, 6.07) is 22.8. The summed E-state index contributed by atoms with van der Waals surface area (Å²) in [6.07, 6.45) is 1.47. The Balaban J connectivity index is 1.41. The molecule has 2 N–H and O–H groups in total. The summed E-state index contributed by atoms with van der Waals surface area (Å²) in [7, 11) is 1.57. The largest absolute Gasteiger partial charge is 0.495 e. The zero-order valence-electron chi connectivity index (χ0n) is 20.4. The third-order valence-corrected chi connectivity index (χ3v) is 6.12. The van der Waals surface area contributed by atoms with Crippen LogP contribution in [0.5, 0.6) is 11.5 Å². The van der Waals surface area contributed by atoms with E-state index in [-0.39, 0.29) is 5.91 Å². The minimum atomic E-state index is -0.468. The fourth-order valence-electron chi connectivity index (χ4n) is 4.23. The number of anilines is 2. The Labute approximate surface area is 209 Å². The molecule has 5 rings (SSSR count). The highest BCUT2D eigenvalue weighted by atomic mass is 16.5. The molecule has 0 fully saturated rings. The molecule has 1 aliphatic heterocycles. The standard InChI is InChI=1S/C28H27N5O3/c1-18-8-10-20(11-9-18)16-36-22-14-12-21(13-15-22)26-25(19(2)31-28-29-17-30-33(26)28)27(34)32-23-6-4-5-7-24(23)35-3/h4-15,17,26H,16H2,1-3H3,(H,32,34)(H,29,30,31)/t26-/m0/s1. The van der Waals surface area contributed by atoms with Crippen molar-refractivity contribution in [1.82, 2.24) is 14.8 Å². The lowest BCUT2D eigenvalue weighted by Gasteiger charge is -2.29. The molecule has 0 unspecified atom stereocenters. The average Bonchev–Trinajstić information content (AvgIpc) is 3.36. The van der Waals surface area contributed by atoms with E-state index in [4.69, 9.17) is 9.47 Å². The van der Waals surface area contributed by atoms with Crippen LogP contribution in [0.3, 0.4) is 0 Å². The third kappa shape index (κ3) is 4.65. The maximum atomic E-state index is 13.6. The van der Waals surface area contributed by atoms with E-state index >= 15 is 0 Å². The second kappa shape index (κ2) is 9.95. The Morgan fingerprint density at radius 3 is 2.53 bits per heavy atom. The lowest BCUT2D eigenvalue weighted by molar-refractivity contribution is -0.113. The fraction of sp³-hybridized carbons (Fsp3) is 0.179. The van der Waals surface area contributed by atoms with E-state index in [0.717, 1.165) is 16.9 Å². The SMILES string of the molecule is COc1ccccc1NC(=O)C1=C(C)Nc2ncnn2[C@H]1c1ccc(OCc2ccc(C)cc2)cc1. The van der Waals surface area contributed by atoms with Gasteiger partial charge in [0.1, 0.15) is 30.5 Å². The Morgan fingerprint density at radius 1 is 1.03 bits per heavy atom. The first kappa shape index (κ1) is 23.2. The molecule has 1 aliphatic rings. The summed E-state index contributed by atoms with van der Waals surface area (Å²) in [5.41, 5.74) is 5.03. The Morgan fingerprint density at radius 2 is 1.78 bits per heavy atom. The number of allylic oxidation sites excluding steroid dienone is 1. The maximum absolute atomic E-state index is 13.6. The molecule has 8 heteroatoms. The topological polar surface area (TPSA) is 90.3 Å². The number of aryl methyl sites for hydroxylation is 1. The number of amides is 1. The van der Waals surface area contributed by atoms with Crippen molar-refractivity contribution in [3.05, 3.63) is 107 Å². The van der Waals surface area contributed by atoms with Gasteiger partial charge in [0.15, 0.2) is 0 Å². The Bertz CT molecular complexity index is 1410. The summed E-state index contributed by atoms with van der Waals surface area (Å²) in [4.78, 5) is 17.9. The molecule has 0 aliphatic carbocycles. The minimum Gasteiger partial charge on any atom is -0.495 e. The number of para-hydroxylation sites is 2. The number of carbonyl (C=O) groups excluding carboxylic acids is 1. The number of rotatable bonds is 7. The molecule has 0 radical (unpaired) electrons. The molecule has 36 heavy (non-hydrogen) atoms. The van der Waals surface area contributed by atoms with Gasteiger partial charge in [-0.3, -0.25) is 4.79 Å². The number of benzene rings is 3. The first-order valence-corrected chi connectivity index (χ1v) is 11.6. The number of methoxy groups -OCH3 is 1. The van der Waals surface area contributed by atoms with Crippen LogP contribution in [0.15, 0.2) is 90.4 Å². The molecule has 1 aromatic heterocycles. The number of fused-ring (bicyclic) bond motifs is 1. The fourth-order valence-corrected chi connectivity index (χ4v) is 4.23. The molecule has 0 bridgehead atoms. The molecular formula is C28H27N5O3. The van der Waals surface area contributed by atoms with Gasteiger partial charge < -0.3 is 20.1 Å². The van der Waals surface area contributed by atoms with Gasteiger partial charge in [-0.05, 0) is 49.2 Å². The van der Waals surface area contributed by atoms with E-state index in [9.17, 15) is 4.79 Å². The molecule has 1 amide bonds. The number of nitrogens with zero attached hydrogens (tertiary/aromatic N) is 3. The summed E-state index contributed by atoms with van der Waals surface area (Å²) < 4.78 is 13.1. The van der Waals surface area contributed by atoms with Crippen LogP contribution in [0.2, 0.25) is 0 Å². The van der Waals surface area contributed by atoms with Crippen LogP contribution in [0.1, 0.15) is 29.7 Å². The highest BCUT2D eigenvalue weighted by molar-refractivity contribution is 6.06. The zero-order valence-corrected chi connectivity index (χ0v) is 20.4.